The Morgan fingerprint density at radius 1 is 1.27 bits per heavy atom. The van der Waals surface area contributed by atoms with E-state index in [4.69, 9.17) is 0 Å². The average Bonchev–Trinajstić information content (AvgIpc) is 2.75. The van der Waals surface area contributed by atoms with Crippen molar-refractivity contribution in [2.45, 2.75) is 43.5 Å². The molecule has 1 N–H and O–H groups in total. The first-order valence-corrected chi connectivity index (χ1v) is 9.59. The maximum atomic E-state index is 12.3. The third kappa shape index (κ3) is 4.55. The van der Waals surface area contributed by atoms with Crippen LogP contribution in [-0.4, -0.2) is 62.7 Å². The number of carbonyl (C=O) groups is 3. The minimum atomic E-state index is -0.843. The van der Waals surface area contributed by atoms with E-state index in [-0.39, 0.29) is 18.5 Å². The van der Waals surface area contributed by atoms with Crippen molar-refractivity contribution >= 4 is 29.7 Å². The van der Waals surface area contributed by atoms with E-state index in [9.17, 15) is 19.5 Å². The maximum Gasteiger partial charge on any atom is 0.327 e. The molecule has 0 aromatic carbocycles. The third-order valence-corrected chi connectivity index (χ3v) is 5.84. The fourth-order valence-electron chi connectivity index (χ4n) is 2.82. The lowest BCUT2D eigenvalue weighted by atomic mass is 10.00. The van der Waals surface area contributed by atoms with Crippen molar-refractivity contribution in [3.63, 3.8) is 0 Å². The van der Waals surface area contributed by atoms with Gasteiger partial charge in [-0.25, -0.2) is 4.79 Å². The number of aromatic nitrogens is 1. The molecule has 8 heteroatoms. The van der Waals surface area contributed by atoms with Crippen LogP contribution in [0.2, 0.25) is 0 Å². The summed E-state index contributed by atoms with van der Waals surface area (Å²) in [6, 6.07) is 3.46. The normalized spacial score (nSPS) is 17.7. The fraction of sp³-hybridized carbons (Fsp3) is 0.556. The fourth-order valence-corrected chi connectivity index (χ4v) is 3.77. The average molecular weight is 379 g/mol. The predicted molar refractivity (Wildman–Crippen MR) is 98.9 cm³/mol. The molecule has 1 aliphatic rings. The molecule has 0 spiro atoms. The van der Waals surface area contributed by atoms with Crippen LogP contribution in [0.15, 0.2) is 29.4 Å². The molecule has 7 nitrogen and oxygen atoms in total. The quantitative estimate of drug-likeness (QED) is 0.524. The van der Waals surface area contributed by atoms with E-state index in [2.05, 4.69) is 4.98 Å². The highest BCUT2D eigenvalue weighted by Crippen LogP contribution is 2.27. The summed E-state index contributed by atoms with van der Waals surface area (Å²) in [5, 5.41) is 9.42. The van der Waals surface area contributed by atoms with Crippen molar-refractivity contribution in [2.24, 2.45) is 5.92 Å². The topological polar surface area (TPSA) is 90.8 Å². The highest BCUT2D eigenvalue weighted by atomic mass is 32.2. The van der Waals surface area contributed by atoms with Gasteiger partial charge in [0.2, 0.25) is 0 Å². The number of carbonyl (C=O) groups excluding carboxylic acids is 2. The Labute approximate surface area is 157 Å². The molecule has 0 radical (unpaired) electrons. The molecule has 1 aromatic heterocycles. The smallest absolute Gasteiger partial charge is 0.327 e. The van der Waals surface area contributed by atoms with E-state index in [1.807, 2.05) is 12.1 Å². The van der Waals surface area contributed by atoms with Crippen molar-refractivity contribution in [2.75, 3.05) is 19.3 Å². The number of pyridine rings is 1. The number of urea groups is 1. The van der Waals surface area contributed by atoms with Crippen LogP contribution < -0.4 is 0 Å². The number of hydrogen-bond donors (Lipinski definition) is 1. The maximum absolute atomic E-state index is 12.3. The molecule has 2 rings (SSSR count). The van der Waals surface area contributed by atoms with Crippen LogP contribution in [0.4, 0.5) is 4.79 Å². The first-order chi connectivity index (χ1) is 12.2. The van der Waals surface area contributed by atoms with E-state index < -0.39 is 17.4 Å². The summed E-state index contributed by atoms with van der Waals surface area (Å²) in [5.74, 6) is -0.858. The van der Waals surface area contributed by atoms with E-state index in [0.29, 0.717) is 25.0 Å². The van der Waals surface area contributed by atoms with Crippen LogP contribution in [0.5, 0.6) is 0 Å². The molecule has 3 amide bonds. The van der Waals surface area contributed by atoms with Gasteiger partial charge in [-0.15, -0.1) is 11.8 Å². The number of amides is 3. The van der Waals surface area contributed by atoms with Crippen LogP contribution in [0.25, 0.3) is 0 Å². The van der Waals surface area contributed by atoms with Gasteiger partial charge in [-0.2, -0.15) is 0 Å². The molecule has 1 aliphatic heterocycles. The Kier molecular flexibility index (Phi) is 6.63. The lowest BCUT2D eigenvalue weighted by Gasteiger charge is -2.22. The zero-order chi connectivity index (χ0) is 19.3. The Balaban J connectivity index is 1.81. The number of imide groups is 1. The number of likely N-dealkylation sites (N-methyl/N-ethyl adjacent to an activating group) is 1. The van der Waals surface area contributed by atoms with Gasteiger partial charge in [-0.05, 0) is 51.0 Å². The molecular formula is C18H25N3O4S. The molecule has 1 unspecified atom stereocenters. The lowest BCUT2D eigenvalue weighted by molar-refractivity contribution is -0.142. The van der Waals surface area contributed by atoms with Gasteiger partial charge in [0.1, 0.15) is 5.54 Å². The summed E-state index contributed by atoms with van der Waals surface area (Å²) in [6.07, 6.45) is 4.88. The molecule has 0 bridgehead atoms. The van der Waals surface area contributed by atoms with E-state index in [1.54, 1.807) is 45.1 Å². The van der Waals surface area contributed by atoms with E-state index >= 15 is 0 Å². The Bertz CT molecular complexity index is 666. The second-order valence-electron chi connectivity index (χ2n) is 6.85. The molecule has 1 saturated heterocycles. The molecular weight excluding hydrogens is 354 g/mol. The third-order valence-electron chi connectivity index (χ3n) is 4.79. The summed E-state index contributed by atoms with van der Waals surface area (Å²) in [5.41, 5.74) is -0.843. The van der Waals surface area contributed by atoms with Crippen LogP contribution in [-0.2, 0) is 9.59 Å². The highest BCUT2D eigenvalue weighted by molar-refractivity contribution is 7.99. The minimum Gasteiger partial charge on any atom is -0.481 e. The van der Waals surface area contributed by atoms with Gasteiger partial charge in [0.15, 0.2) is 0 Å². The summed E-state index contributed by atoms with van der Waals surface area (Å²) in [4.78, 5) is 43.6. The van der Waals surface area contributed by atoms with Gasteiger partial charge < -0.3 is 10.0 Å². The summed E-state index contributed by atoms with van der Waals surface area (Å²) < 4.78 is 0. The van der Waals surface area contributed by atoms with E-state index in [1.165, 1.54) is 9.80 Å². The van der Waals surface area contributed by atoms with Gasteiger partial charge >= 0.3 is 12.0 Å². The predicted octanol–water partition coefficient (Wildman–Crippen LogP) is 2.72. The SMILES string of the molecule is CN1C(=O)N(CCCC(CCSc2ccncc2)C(=O)O)C(=O)C1(C)C. The summed E-state index contributed by atoms with van der Waals surface area (Å²) >= 11 is 1.60. The van der Waals surface area contributed by atoms with Crippen LogP contribution in [0.3, 0.4) is 0 Å². The Morgan fingerprint density at radius 3 is 2.46 bits per heavy atom. The molecule has 0 aliphatic carbocycles. The van der Waals surface area contributed by atoms with Crippen LogP contribution >= 0.6 is 11.8 Å². The molecule has 1 fully saturated rings. The number of rotatable bonds is 9. The largest absolute Gasteiger partial charge is 0.481 e. The van der Waals surface area contributed by atoms with Gasteiger partial charge in [-0.1, -0.05) is 0 Å². The Morgan fingerprint density at radius 2 is 1.92 bits per heavy atom. The molecule has 0 saturated carbocycles. The number of carboxylic acid groups (broad SMARTS) is 1. The van der Waals surface area contributed by atoms with Crippen molar-refractivity contribution < 1.29 is 19.5 Å². The second-order valence-corrected chi connectivity index (χ2v) is 8.02. The molecule has 1 aromatic rings. The summed E-state index contributed by atoms with van der Waals surface area (Å²) in [6.45, 7) is 3.68. The number of nitrogens with zero attached hydrogens (tertiary/aromatic N) is 3. The zero-order valence-corrected chi connectivity index (χ0v) is 16.2. The number of hydrogen-bond acceptors (Lipinski definition) is 5. The van der Waals surface area contributed by atoms with E-state index in [0.717, 1.165) is 4.90 Å². The van der Waals surface area contributed by atoms with Crippen molar-refractivity contribution in [3.05, 3.63) is 24.5 Å². The summed E-state index contributed by atoms with van der Waals surface area (Å²) in [7, 11) is 1.61. The number of aliphatic carboxylic acids is 1. The first-order valence-electron chi connectivity index (χ1n) is 8.60. The standard InChI is InChI=1S/C18H25N3O4S/c1-18(2)16(24)21(17(25)20(18)3)11-4-5-13(15(22)23)8-12-26-14-6-9-19-10-7-14/h6-7,9-10,13H,4-5,8,11-12H2,1-3H3,(H,22,23). The van der Waals surface area contributed by atoms with Gasteiger partial charge in [0, 0.05) is 30.9 Å². The number of carboxylic acids is 1. The van der Waals surface area contributed by atoms with Crippen molar-refractivity contribution in [1.29, 1.82) is 0 Å². The highest BCUT2D eigenvalue weighted by Gasteiger charge is 2.48. The van der Waals surface area contributed by atoms with Crippen LogP contribution in [0.1, 0.15) is 33.1 Å². The molecule has 2 heterocycles. The van der Waals surface area contributed by atoms with Crippen LogP contribution in [0, 0.1) is 5.92 Å². The minimum absolute atomic E-state index is 0.231. The number of thioether (sulfide) groups is 1. The second kappa shape index (κ2) is 8.53. The monoisotopic (exact) mass is 379 g/mol. The van der Waals surface area contributed by atoms with Gasteiger partial charge in [0.05, 0.1) is 5.92 Å². The molecule has 1 atom stereocenters. The lowest BCUT2D eigenvalue weighted by Crippen LogP contribution is -2.41. The van der Waals surface area contributed by atoms with Crippen molar-refractivity contribution in [1.82, 2.24) is 14.8 Å². The zero-order valence-electron chi connectivity index (χ0n) is 15.3. The van der Waals surface area contributed by atoms with Gasteiger partial charge in [-0.3, -0.25) is 19.5 Å². The Hall–Kier alpha value is -2.09. The molecule has 142 valence electrons. The first kappa shape index (κ1) is 20.2. The molecule has 26 heavy (non-hydrogen) atoms. The van der Waals surface area contributed by atoms with Gasteiger partial charge in [0.25, 0.3) is 5.91 Å². The van der Waals surface area contributed by atoms with Crippen molar-refractivity contribution in [3.8, 4) is 0 Å².